The highest BCUT2D eigenvalue weighted by molar-refractivity contribution is 6.18. The van der Waals surface area contributed by atoms with Crippen LogP contribution in [0.25, 0.3) is 0 Å². The van der Waals surface area contributed by atoms with Gasteiger partial charge in [-0.25, -0.2) is 0 Å². The van der Waals surface area contributed by atoms with Crippen LogP contribution in [0.3, 0.4) is 0 Å². The van der Waals surface area contributed by atoms with Crippen LogP contribution in [-0.4, -0.2) is 35.8 Å². The first-order valence-electron chi connectivity index (χ1n) is 10.2. The number of rotatable bonds is 10. The predicted octanol–water partition coefficient (Wildman–Crippen LogP) is 4.57. The van der Waals surface area contributed by atoms with Crippen LogP contribution < -0.4 is 0 Å². The SMILES string of the molecule is CC(=O)OCC1=CC(=O)[C@@]2(C/C=C(\C)CC/C=C(\C)CCC=C(C)C)O[C@H]2C1=O. The van der Waals surface area contributed by atoms with E-state index in [-0.39, 0.29) is 23.7 Å². The molecule has 2 aliphatic rings. The van der Waals surface area contributed by atoms with E-state index in [1.165, 1.54) is 29.7 Å². The normalized spacial score (nSPS) is 24.0. The van der Waals surface area contributed by atoms with Crippen LogP contribution in [0.15, 0.2) is 46.6 Å². The lowest BCUT2D eigenvalue weighted by Gasteiger charge is -2.14. The maximum Gasteiger partial charge on any atom is 0.302 e. The van der Waals surface area contributed by atoms with E-state index in [0.717, 1.165) is 25.7 Å². The van der Waals surface area contributed by atoms with Gasteiger partial charge in [0.15, 0.2) is 23.3 Å². The topological polar surface area (TPSA) is 73.0 Å². The molecule has 1 heterocycles. The lowest BCUT2D eigenvalue weighted by molar-refractivity contribution is -0.140. The van der Waals surface area contributed by atoms with Gasteiger partial charge in [0.1, 0.15) is 6.61 Å². The third kappa shape index (κ3) is 6.36. The third-order valence-electron chi connectivity index (χ3n) is 5.28. The summed E-state index contributed by atoms with van der Waals surface area (Å²) in [6, 6.07) is 0. The monoisotopic (exact) mass is 400 g/mol. The first kappa shape index (κ1) is 23.0. The van der Waals surface area contributed by atoms with E-state index in [1.54, 1.807) is 0 Å². The molecule has 2 atom stereocenters. The Kier molecular flexibility index (Phi) is 7.91. The Morgan fingerprint density at radius 3 is 2.28 bits per heavy atom. The number of esters is 1. The molecule has 0 aromatic rings. The van der Waals surface area contributed by atoms with E-state index in [0.29, 0.717) is 6.42 Å². The Morgan fingerprint density at radius 2 is 1.66 bits per heavy atom. The van der Waals surface area contributed by atoms with Crippen molar-refractivity contribution in [2.45, 2.75) is 78.4 Å². The molecule has 0 N–H and O–H groups in total. The molecular weight excluding hydrogens is 368 g/mol. The van der Waals surface area contributed by atoms with E-state index >= 15 is 0 Å². The number of ketones is 2. The molecule has 0 bridgehead atoms. The molecule has 1 saturated heterocycles. The fourth-order valence-corrected chi connectivity index (χ4v) is 3.36. The number of hydrogen-bond donors (Lipinski definition) is 0. The van der Waals surface area contributed by atoms with Crippen molar-refractivity contribution >= 4 is 17.5 Å². The van der Waals surface area contributed by atoms with Crippen LogP contribution in [0.1, 0.15) is 66.7 Å². The minimum atomic E-state index is -1.05. The fourth-order valence-electron chi connectivity index (χ4n) is 3.36. The summed E-state index contributed by atoms with van der Waals surface area (Å²) in [6.45, 7) is 9.51. The molecule has 2 rings (SSSR count). The summed E-state index contributed by atoms with van der Waals surface area (Å²) < 4.78 is 10.4. The summed E-state index contributed by atoms with van der Waals surface area (Å²) in [7, 11) is 0. The minimum Gasteiger partial charge on any atom is -0.461 e. The summed E-state index contributed by atoms with van der Waals surface area (Å²) in [5.74, 6) is -0.963. The highest BCUT2D eigenvalue weighted by Gasteiger charge is 2.66. The summed E-state index contributed by atoms with van der Waals surface area (Å²) in [4.78, 5) is 35.8. The van der Waals surface area contributed by atoms with Gasteiger partial charge in [-0.3, -0.25) is 14.4 Å². The van der Waals surface area contributed by atoms with Crippen molar-refractivity contribution in [1.82, 2.24) is 0 Å². The highest BCUT2D eigenvalue weighted by Crippen LogP contribution is 2.46. The van der Waals surface area contributed by atoms with Gasteiger partial charge in [0, 0.05) is 18.9 Å². The maximum atomic E-state index is 12.5. The maximum absolute atomic E-state index is 12.5. The summed E-state index contributed by atoms with van der Waals surface area (Å²) in [5, 5.41) is 0. The average molecular weight is 401 g/mol. The number of fused-ring (bicyclic) bond motifs is 1. The molecule has 0 spiro atoms. The second-order valence-electron chi connectivity index (χ2n) is 8.23. The Bertz CT molecular complexity index is 792. The van der Waals surface area contributed by atoms with Crippen molar-refractivity contribution in [1.29, 1.82) is 0 Å². The molecule has 158 valence electrons. The smallest absolute Gasteiger partial charge is 0.302 e. The quantitative estimate of drug-likeness (QED) is 0.305. The van der Waals surface area contributed by atoms with Gasteiger partial charge < -0.3 is 9.47 Å². The Labute approximate surface area is 173 Å². The summed E-state index contributed by atoms with van der Waals surface area (Å²) >= 11 is 0. The molecule has 1 fully saturated rings. The molecule has 0 aromatic carbocycles. The predicted molar refractivity (Wildman–Crippen MR) is 112 cm³/mol. The van der Waals surface area contributed by atoms with Gasteiger partial charge in [-0.15, -0.1) is 0 Å². The van der Waals surface area contributed by atoms with Gasteiger partial charge in [-0.1, -0.05) is 34.9 Å². The van der Waals surface area contributed by atoms with Crippen LogP contribution in [0.2, 0.25) is 0 Å². The number of allylic oxidation sites excluding steroid dienone is 5. The molecule has 0 saturated carbocycles. The second-order valence-corrected chi connectivity index (χ2v) is 8.23. The number of carbonyl (C=O) groups excluding carboxylic acids is 3. The Morgan fingerprint density at radius 1 is 1.03 bits per heavy atom. The largest absolute Gasteiger partial charge is 0.461 e. The average Bonchev–Trinajstić information content (AvgIpc) is 3.38. The molecule has 0 aromatic heterocycles. The zero-order chi connectivity index (χ0) is 21.6. The van der Waals surface area contributed by atoms with E-state index < -0.39 is 17.7 Å². The van der Waals surface area contributed by atoms with Crippen molar-refractivity contribution in [2.24, 2.45) is 0 Å². The molecular formula is C24H32O5. The summed E-state index contributed by atoms with van der Waals surface area (Å²) in [6.07, 6.45) is 11.5. The Balaban J connectivity index is 1.85. The molecule has 1 aliphatic carbocycles. The summed E-state index contributed by atoms with van der Waals surface area (Å²) in [5.41, 5.74) is 3.07. The van der Waals surface area contributed by atoms with Crippen LogP contribution >= 0.6 is 0 Å². The Hall–Kier alpha value is -2.27. The molecule has 5 heteroatoms. The van der Waals surface area contributed by atoms with E-state index in [2.05, 4.69) is 32.9 Å². The zero-order valence-electron chi connectivity index (χ0n) is 18.2. The third-order valence-corrected chi connectivity index (χ3v) is 5.28. The second kappa shape index (κ2) is 9.97. The zero-order valence-corrected chi connectivity index (χ0v) is 18.2. The van der Waals surface area contributed by atoms with E-state index in [9.17, 15) is 14.4 Å². The lowest BCUT2D eigenvalue weighted by Crippen LogP contribution is -2.35. The highest BCUT2D eigenvalue weighted by atomic mass is 16.6. The van der Waals surface area contributed by atoms with Crippen LogP contribution in [0, 0.1) is 0 Å². The number of hydrogen-bond acceptors (Lipinski definition) is 5. The van der Waals surface area contributed by atoms with Gasteiger partial charge in [0.05, 0.1) is 0 Å². The molecule has 0 unspecified atom stereocenters. The standard InChI is InChI=1S/C24H32O5/c1-16(2)8-6-9-17(3)10-7-11-18(4)12-13-24-21(26)14-20(15-28-19(5)25)22(27)23(24)29-24/h8,10,12,14,23H,6-7,9,11,13,15H2,1-5H3/b17-10+,18-12+/t23-,24+/m0/s1. The molecule has 5 nitrogen and oxygen atoms in total. The van der Waals surface area contributed by atoms with Gasteiger partial charge in [0.2, 0.25) is 0 Å². The molecule has 1 aliphatic heterocycles. The first-order valence-corrected chi connectivity index (χ1v) is 10.2. The van der Waals surface area contributed by atoms with Crippen LogP contribution in [0.5, 0.6) is 0 Å². The van der Waals surface area contributed by atoms with Crippen LogP contribution in [0.4, 0.5) is 0 Å². The van der Waals surface area contributed by atoms with Gasteiger partial charge in [-0.05, 0) is 59.5 Å². The first-order chi connectivity index (χ1) is 13.7. The number of carbonyl (C=O) groups is 3. The van der Waals surface area contributed by atoms with E-state index in [4.69, 9.17) is 9.47 Å². The molecule has 29 heavy (non-hydrogen) atoms. The fraction of sp³-hybridized carbons (Fsp3) is 0.542. The van der Waals surface area contributed by atoms with Gasteiger partial charge in [-0.2, -0.15) is 0 Å². The van der Waals surface area contributed by atoms with Crippen molar-refractivity contribution < 1.29 is 23.9 Å². The van der Waals surface area contributed by atoms with Crippen molar-refractivity contribution in [3.05, 3.63) is 46.6 Å². The van der Waals surface area contributed by atoms with Gasteiger partial charge >= 0.3 is 5.97 Å². The number of epoxide rings is 1. The lowest BCUT2D eigenvalue weighted by atomic mass is 9.85. The van der Waals surface area contributed by atoms with Crippen molar-refractivity contribution in [3.8, 4) is 0 Å². The van der Waals surface area contributed by atoms with Gasteiger partial charge in [0.25, 0.3) is 0 Å². The molecule has 0 radical (unpaired) electrons. The van der Waals surface area contributed by atoms with Crippen molar-refractivity contribution in [2.75, 3.05) is 6.61 Å². The van der Waals surface area contributed by atoms with Crippen molar-refractivity contribution in [3.63, 3.8) is 0 Å². The number of Topliss-reactive ketones (excluding diaryl/α,β-unsaturated/α-hetero) is 1. The minimum absolute atomic E-state index is 0.177. The molecule has 0 amide bonds. The van der Waals surface area contributed by atoms with E-state index in [1.807, 2.05) is 13.0 Å². The van der Waals surface area contributed by atoms with Crippen LogP contribution in [-0.2, 0) is 23.9 Å². The number of ether oxygens (including phenoxy) is 2.